The van der Waals surface area contributed by atoms with Crippen LogP contribution >= 0.6 is 0 Å². The molecule has 0 aromatic carbocycles. The fraction of sp³-hybridized carbons (Fsp3) is 0.333. The second-order valence-corrected chi connectivity index (χ2v) is 1.29. The van der Waals surface area contributed by atoms with Crippen LogP contribution in [0.5, 0.6) is 0 Å². The first kappa shape index (κ1) is 7.08. The van der Waals surface area contributed by atoms with Gasteiger partial charge in [-0.2, -0.15) is 0 Å². The summed E-state index contributed by atoms with van der Waals surface area (Å²) in [5.41, 5.74) is 0. The Labute approximate surface area is 48.9 Å². The van der Waals surface area contributed by atoms with Crippen molar-refractivity contribution in [3.63, 3.8) is 0 Å². The highest BCUT2D eigenvalue weighted by Gasteiger charge is 1.82. The molecule has 0 aromatic rings. The minimum absolute atomic E-state index is 0.0602. The lowest BCUT2D eigenvalue weighted by Crippen LogP contribution is -1.91. The van der Waals surface area contributed by atoms with Gasteiger partial charge in [0.15, 0.2) is 5.78 Å². The van der Waals surface area contributed by atoms with Crippen molar-refractivity contribution < 1.29 is 4.79 Å². The molecule has 0 aromatic heterocycles. The molecule has 0 saturated heterocycles. The van der Waals surface area contributed by atoms with Crippen LogP contribution in [0, 0.1) is 0 Å². The van der Waals surface area contributed by atoms with Crippen molar-refractivity contribution in [2.45, 2.75) is 6.92 Å². The number of ketones is 1. The average Bonchev–Trinajstić information content (AvgIpc) is 1.68. The normalized spacial score (nSPS) is 11.2. The minimum Gasteiger partial charge on any atom is -0.292 e. The van der Waals surface area contributed by atoms with E-state index in [1.165, 1.54) is 12.3 Å². The Morgan fingerprint density at radius 2 is 2.25 bits per heavy atom. The monoisotopic (exact) mass is 111 g/mol. The molecule has 0 atom stereocenters. The lowest BCUT2D eigenvalue weighted by Gasteiger charge is -1.74. The summed E-state index contributed by atoms with van der Waals surface area (Å²) < 4.78 is 0. The van der Waals surface area contributed by atoms with E-state index in [0.29, 0.717) is 0 Å². The molecule has 8 heavy (non-hydrogen) atoms. The second-order valence-electron chi connectivity index (χ2n) is 1.29. The van der Waals surface area contributed by atoms with Crippen LogP contribution in [0.2, 0.25) is 0 Å². The molecule has 0 aliphatic heterocycles. The Bertz CT molecular complexity index is 110. The van der Waals surface area contributed by atoms with Gasteiger partial charge in [-0.3, -0.25) is 9.79 Å². The van der Waals surface area contributed by atoms with Gasteiger partial charge in [-0.05, 0) is 13.0 Å². The predicted molar refractivity (Wildman–Crippen MR) is 34.2 cm³/mol. The van der Waals surface area contributed by atoms with E-state index >= 15 is 0 Å². The van der Waals surface area contributed by atoms with E-state index in [4.69, 9.17) is 0 Å². The molecular formula is C6H9NO. The van der Waals surface area contributed by atoms with Crippen molar-refractivity contribution in [2.24, 2.45) is 4.99 Å². The zero-order valence-corrected chi connectivity index (χ0v) is 5.09. The molecule has 2 nitrogen and oxygen atoms in total. The van der Waals surface area contributed by atoms with Crippen molar-refractivity contribution in [3.05, 3.63) is 12.2 Å². The maximum atomic E-state index is 10.4. The highest BCUT2D eigenvalue weighted by Crippen LogP contribution is 1.70. The second kappa shape index (κ2) is 4.24. The number of aliphatic imine (C=N–C) groups is 1. The maximum Gasteiger partial charge on any atom is 0.196 e. The third kappa shape index (κ3) is 3.28. The number of allylic oxidation sites excluding steroid dienone is 2. The van der Waals surface area contributed by atoms with Gasteiger partial charge in [0.1, 0.15) is 0 Å². The van der Waals surface area contributed by atoms with E-state index in [0.717, 1.165) is 0 Å². The quantitative estimate of drug-likeness (QED) is 0.383. The number of hydrogen-bond donors (Lipinski definition) is 0. The molecule has 44 valence electrons. The van der Waals surface area contributed by atoms with Crippen molar-refractivity contribution in [3.8, 4) is 0 Å². The topological polar surface area (TPSA) is 29.4 Å². The fourth-order valence-electron chi connectivity index (χ4n) is 0.335. The van der Waals surface area contributed by atoms with Crippen LogP contribution in [0.25, 0.3) is 0 Å². The number of carbonyl (C=O) groups excluding carboxylic acids is 1. The van der Waals surface area contributed by atoms with Gasteiger partial charge in [0.2, 0.25) is 0 Å². The first-order chi connectivity index (χ1) is 3.81. The number of hydrogen-bond acceptors (Lipinski definition) is 2. The molecule has 0 bridgehead atoms. The van der Waals surface area contributed by atoms with Gasteiger partial charge in [0, 0.05) is 7.05 Å². The van der Waals surface area contributed by atoms with Gasteiger partial charge in [0.25, 0.3) is 0 Å². The van der Waals surface area contributed by atoms with Gasteiger partial charge < -0.3 is 0 Å². The van der Waals surface area contributed by atoms with Crippen LogP contribution in [0.4, 0.5) is 0 Å². The van der Waals surface area contributed by atoms with E-state index in [9.17, 15) is 4.79 Å². The highest BCUT2D eigenvalue weighted by atomic mass is 16.1. The van der Waals surface area contributed by atoms with Crippen LogP contribution in [0.15, 0.2) is 17.1 Å². The Kier molecular flexibility index (Phi) is 3.76. The first-order valence-corrected chi connectivity index (χ1v) is 2.40. The van der Waals surface area contributed by atoms with Gasteiger partial charge in [-0.1, -0.05) is 6.08 Å². The first-order valence-electron chi connectivity index (χ1n) is 2.40. The van der Waals surface area contributed by atoms with E-state index in [-0.39, 0.29) is 5.78 Å². The summed E-state index contributed by atoms with van der Waals surface area (Å²) in [5, 5.41) is 0. The molecule has 2 heteroatoms. The van der Waals surface area contributed by atoms with Gasteiger partial charge in [-0.15, -0.1) is 0 Å². The summed E-state index contributed by atoms with van der Waals surface area (Å²) in [5.74, 6) is -0.0602. The third-order valence-corrected chi connectivity index (χ3v) is 0.587. The molecule has 0 radical (unpaired) electrons. The zero-order valence-electron chi connectivity index (χ0n) is 5.09. The van der Waals surface area contributed by atoms with Crippen LogP contribution < -0.4 is 0 Å². The number of rotatable bonds is 2. The number of nitrogens with zero attached hydrogens (tertiary/aromatic N) is 1. The summed E-state index contributed by atoms with van der Waals surface area (Å²) >= 11 is 0. The maximum absolute atomic E-state index is 10.4. The standard InChI is InChI=1S/C6H9NO/c1-3-4-6(8)5-7-2/h3-5H,1-2H3/b4-3+,7-5?. The zero-order chi connectivity index (χ0) is 6.41. The Hall–Kier alpha value is -0.920. The minimum atomic E-state index is -0.0602. The Morgan fingerprint density at radius 1 is 1.62 bits per heavy atom. The molecule has 0 spiro atoms. The van der Waals surface area contributed by atoms with E-state index < -0.39 is 0 Å². The van der Waals surface area contributed by atoms with E-state index in [1.54, 1.807) is 20.0 Å². The SMILES string of the molecule is C/C=C/C(=O)C=NC. The van der Waals surface area contributed by atoms with Crippen LogP contribution in [-0.2, 0) is 4.79 Å². The van der Waals surface area contributed by atoms with Crippen LogP contribution in [0.3, 0.4) is 0 Å². The molecule has 0 heterocycles. The molecule has 0 N–H and O–H groups in total. The summed E-state index contributed by atoms with van der Waals surface area (Å²) in [6, 6.07) is 0. The van der Waals surface area contributed by atoms with Crippen molar-refractivity contribution in [2.75, 3.05) is 7.05 Å². The van der Waals surface area contributed by atoms with Crippen molar-refractivity contribution >= 4 is 12.0 Å². The van der Waals surface area contributed by atoms with Crippen molar-refractivity contribution in [1.82, 2.24) is 0 Å². The lowest BCUT2D eigenvalue weighted by molar-refractivity contribution is -0.108. The van der Waals surface area contributed by atoms with E-state index in [2.05, 4.69) is 4.99 Å². The summed E-state index contributed by atoms with van der Waals surface area (Å²) in [6.07, 6.45) is 4.43. The summed E-state index contributed by atoms with van der Waals surface area (Å²) in [7, 11) is 1.57. The largest absolute Gasteiger partial charge is 0.292 e. The Morgan fingerprint density at radius 3 is 2.62 bits per heavy atom. The smallest absolute Gasteiger partial charge is 0.196 e. The Balaban J connectivity index is 3.66. The molecular weight excluding hydrogens is 102 g/mol. The molecule has 0 saturated carbocycles. The lowest BCUT2D eigenvalue weighted by atomic mass is 10.4. The molecule has 0 amide bonds. The van der Waals surface area contributed by atoms with E-state index in [1.807, 2.05) is 0 Å². The summed E-state index contributed by atoms with van der Waals surface area (Å²) in [6.45, 7) is 1.79. The fourth-order valence-corrected chi connectivity index (χ4v) is 0.335. The summed E-state index contributed by atoms with van der Waals surface area (Å²) in [4.78, 5) is 13.9. The molecule has 0 rings (SSSR count). The van der Waals surface area contributed by atoms with Crippen LogP contribution in [0.1, 0.15) is 6.92 Å². The molecule has 0 aliphatic carbocycles. The third-order valence-electron chi connectivity index (χ3n) is 0.587. The predicted octanol–water partition coefficient (Wildman–Crippen LogP) is 0.832. The average molecular weight is 111 g/mol. The molecule has 0 unspecified atom stereocenters. The molecule has 0 fully saturated rings. The van der Waals surface area contributed by atoms with Gasteiger partial charge >= 0.3 is 0 Å². The highest BCUT2D eigenvalue weighted by molar-refractivity contribution is 6.32. The van der Waals surface area contributed by atoms with Gasteiger partial charge in [-0.25, -0.2) is 0 Å². The molecule has 0 aliphatic rings. The number of carbonyl (C=O) groups is 1. The van der Waals surface area contributed by atoms with Crippen LogP contribution in [-0.4, -0.2) is 19.0 Å². The van der Waals surface area contributed by atoms with Gasteiger partial charge in [0.05, 0.1) is 6.21 Å². The van der Waals surface area contributed by atoms with Crippen molar-refractivity contribution in [1.29, 1.82) is 0 Å².